The minimum absolute atomic E-state index is 0.00937. The number of nitrogens with zero attached hydrogens (tertiary/aromatic N) is 2. The molecule has 10 nitrogen and oxygen atoms in total. The number of hydrogen-bond donors (Lipinski definition) is 2. The van der Waals surface area contributed by atoms with Gasteiger partial charge < -0.3 is 34.1 Å². The SMILES string of the molecule is CC(C)(C)OC(=O)N1CCOC(COc2ccc3[nH]c(C(=O)NCc4ccc(Cl)c(Oc5cc(Cl)cc(C#N)c5)c4F)cc3c2)C1. The van der Waals surface area contributed by atoms with Crippen LogP contribution >= 0.6 is 23.2 Å². The maximum atomic E-state index is 15.4. The third kappa shape index (κ3) is 8.20. The summed E-state index contributed by atoms with van der Waals surface area (Å²) < 4.78 is 38.2. The lowest BCUT2D eigenvalue weighted by Crippen LogP contribution is -2.49. The highest BCUT2D eigenvalue weighted by molar-refractivity contribution is 6.32. The van der Waals surface area contributed by atoms with Gasteiger partial charge in [0.25, 0.3) is 5.91 Å². The Bertz CT molecular complexity index is 1820. The zero-order valence-electron chi connectivity index (χ0n) is 25.3. The van der Waals surface area contributed by atoms with Crippen LogP contribution in [0.1, 0.15) is 42.4 Å². The first-order chi connectivity index (χ1) is 21.9. The van der Waals surface area contributed by atoms with Crippen LogP contribution in [0.5, 0.6) is 17.2 Å². The van der Waals surface area contributed by atoms with E-state index in [2.05, 4.69) is 10.3 Å². The number of hydrogen-bond acceptors (Lipinski definition) is 7. The molecule has 0 bridgehead atoms. The highest BCUT2D eigenvalue weighted by atomic mass is 35.5. The molecule has 46 heavy (non-hydrogen) atoms. The van der Waals surface area contributed by atoms with E-state index < -0.39 is 17.3 Å². The Morgan fingerprint density at radius 3 is 2.70 bits per heavy atom. The Morgan fingerprint density at radius 1 is 1.13 bits per heavy atom. The summed E-state index contributed by atoms with van der Waals surface area (Å²) in [6.45, 7) is 6.69. The van der Waals surface area contributed by atoms with Gasteiger partial charge in [-0.2, -0.15) is 5.26 Å². The molecule has 1 fully saturated rings. The van der Waals surface area contributed by atoms with Crippen molar-refractivity contribution in [3.8, 4) is 23.3 Å². The average molecular weight is 670 g/mol. The molecule has 3 aromatic carbocycles. The minimum atomic E-state index is -0.763. The third-order valence-electron chi connectivity index (χ3n) is 6.85. The number of morpholine rings is 1. The monoisotopic (exact) mass is 668 g/mol. The van der Waals surface area contributed by atoms with Gasteiger partial charge in [-0.3, -0.25) is 4.79 Å². The molecule has 240 valence electrons. The van der Waals surface area contributed by atoms with Crippen LogP contribution in [-0.2, 0) is 16.0 Å². The molecule has 1 saturated heterocycles. The van der Waals surface area contributed by atoms with E-state index in [0.717, 1.165) is 5.39 Å². The molecular weight excluding hydrogens is 638 g/mol. The Hall–Kier alpha value is -4.50. The standard InChI is InChI=1S/C33H31Cl2FN4O6/c1-33(2,3)46-32(42)40-8-9-43-25(17-40)18-44-23-5-7-27-21(12-23)13-28(39-27)31(41)38-16-20-4-6-26(35)30(29(20)36)45-24-11-19(15-37)10-22(34)14-24/h4-7,10-14,25,39H,8-9,16-18H2,1-3H3,(H,38,41). The summed E-state index contributed by atoms with van der Waals surface area (Å²) in [5, 5.41) is 12.9. The highest BCUT2D eigenvalue weighted by Gasteiger charge is 2.28. The number of halogens is 3. The number of amides is 2. The molecule has 13 heteroatoms. The predicted molar refractivity (Wildman–Crippen MR) is 170 cm³/mol. The third-order valence-corrected chi connectivity index (χ3v) is 7.37. The number of rotatable bonds is 8. The van der Waals surface area contributed by atoms with E-state index in [1.807, 2.05) is 26.8 Å². The smallest absolute Gasteiger partial charge is 0.410 e. The molecule has 0 saturated carbocycles. The van der Waals surface area contributed by atoms with Crippen LogP contribution in [0.4, 0.5) is 9.18 Å². The molecule has 2 amide bonds. The molecule has 1 unspecified atom stereocenters. The lowest BCUT2D eigenvalue weighted by Gasteiger charge is -2.34. The molecule has 4 aromatic rings. The number of ether oxygens (including phenoxy) is 4. The number of carbonyl (C=O) groups excluding carboxylic acids is 2. The van der Waals surface area contributed by atoms with Gasteiger partial charge in [-0.25, -0.2) is 9.18 Å². The molecule has 0 aliphatic carbocycles. The second-order valence-corrected chi connectivity index (χ2v) is 12.4. The van der Waals surface area contributed by atoms with Crippen LogP contribution in [0.25, 0.3) is 10.9 Å². The molecular formula is C33H31Cl2FN4O6. The zero-order valence-corrected chi connectivity index (χ0v) is 26.8. The van der Waals surface area contributed by atoms with Crippen molar-refractivity contribution in [1.82, 2.24) is 15.2 Å². The Balaban J connectivity index is 1.19. The number of fused-ring (bicyclic) bond motifs is 1. The zero-order chi connectivity index (χ0) is 33.0. The van der Waals surface area contributed by atoms with Gasteiger partial charge >= 0.3 is 6.09 Å². The van der Waals surface area contributed by atoms with Gasteiger partial charge in [0.15, 0.2) is 11.6 Å². The van der Waals surface area contributed by atoms with E-state index in [-0.39, 0.29) is 63.7 Å². The van der Waals surface area contributed by atoms with Crippen molar-refractivity contribution in [2.45, 2.75) is 39.0 Å². The molecule has 1 aromatic heterocycles. The normalized spacial score (nSPS) is 14.9. The fourth-order valence-electron chi connectivity index (χ4n) is 4.70. The van der Waals surface area contributed by atoms with E-state index in [1.54, 1.807) is 29.2 Å². The number of H-pyrrole nitrogens is 1. The summed E-state index contributed by atoms with van der Waals surface area (Å²) in [7, 11) is 0. The number of aromatic nitrogens is 1. The fraction of sp³-hybridized carbons (Fsp3) is 0.303. The van der Waals surface area contributed by atoms with Crippen LogP contribution in [0.15, 0.2) is 54.6 Å². The van der Waals surface area contributed by atoms with Crippen molar-refractivity contribution < 1.29 is 32.9 Å². The van der Waals surface area contributed by atoms with E-state index in [1.165, 1.54) is 30.3 Å². The predicted octanol–water partition coefficient (Wildman–Crippen LogP) is 7.22. The number of carbonyl (C=O) groups is 2. The minimum Gasteiger partial charge on any atom is -0.491 e. The first kappa shape index (κ1) is 32.9. The van der Waals surface area contributed by atoms with Crippen LogP contribution in [0.3, 0.4) is 0 Å². The van der Waals surface area contributed by atoms with Crippen molar-refractivity contribution in [2.24, 2.45) is 0 Å². The number of nitrogens with one attached hydrogen (secondary N) is 2. The van der Waals surface area contributed by atoms with Crippen LogP contribution < -0.4 is 14.8 Å². The first-order valence-corrected chi connectivity index (χ1v) is 15.1. The molecule has 5 rings (SSSR count). The molecule has 1 aliphatic rings. The maximum Gasteiger partial charge on any atom is 0.410 e. The van der Waals surface area contributed by atoms with Gasteiger partial charge in [0, 0.05) is 34.6 Å². The largest absolute Gasteiger partial charge is 0.491 e. The van der Waals surface area contributed by atoms with Gasteiger partial charge in [0.05, 0.1) is 29.8 Å². The van der Waals surface area contributed by atoms with E-state index in [4.69, 9.17) is 42.1 Å². The van der Waals surface area contributed by atoms with Crippen LogP contribution in [0, 0.1) is 17.1 Å². The van der Waals surface area contributed by atoms with Crippen molar-refractivity contribution in [2.75, 3.05) is 26.3 Å². The van der Waals surface area contributed by atoms with Crippen LogP contribution in [0.2, 0.25) is 10.0 Å². The van der Waals surface area contributed by atoms with Crippen LogP contribution in [-0.4, -0.2) is 59.9 Å². The van der Waals surface area contributed by atoms with E-state index >= 15 is 4.39 Å². The second-order valence-electron chi connectivity index (χ2n) is 11.6. The second kappa shape index (κ2) is 13.9. The number of nitriles is 1. The van der Waals surface area contributed by atoms with Gasteiger partial charge in [-0.15, -0.1) is 0 Å². The van der Waals surface area contributed by atoms with E-state index in [0.29, 0.717) is 31.0 Å². The number of aromatic amines is 1. The highest BCUT2D eigenvalue weighted by Crippen LogP contribution is 2.35. The number of benzene rings is 3. The summed E-state index contributed by atoms with van der Waals surface area (Å²) in [6.07, 6.45) is -0.718. The van der Waals surface area contributed by atoms with Gasteiger partial charge in [-0.05, 0) is 69.3 Å². The summed E-state index contributed by atoms with van der Waals surface area (Å²) in [5.74, 6) is -0.771. The Kier molecular flexibility index (Phi) is 9.91. The quantitative estimate of drug-likeness (QED) is 0.203. The molecule has 1 atom stereocenters. The molecule has 0 spiro atoms. The topological polar surface area (TPSA) is 126 Å². The Morgan fingerprint density at radius 2 is 1.93 bits per heavy atom. The van der Waals surface area contributed by atoms with Crippen molar-refractivity contribution in [3.63, 3.8) is 0 Å². The Labute approximate surface area is 274 Å². The van der Waals surface area contributed by atoms with Gasteiger partial charge in [0.2, 0.25) is 0 Å². The molecule has 2 N–H and O–H groups in total. The lowest BCUT2D eigenvalue weighted by molar-refractivity contribution is -0.0557. The fourth-order valence-corrected chi connectivity index (χ4v) is 5.11. The first-order valence-electron chi connectivity index (χ1n) is 14.4. The average Bonchev–Trinajstić information content (AvgIpc) is 3.44. The summed E-state index contributed by atoms with van der Waals surface area (Å²) >= 11 is 12.2. The maximum absolute atomic E-state index is 15.4. The lowest BCUT2D eigenvalue weighted by atomic mass is 10.2. The summed E-state index contributed by atoms with van der Waals surface area (Å²) in [6, 6.07) is 16.1. The van der Waals surface area contributed by atoms with Gasteiger partial charge in [-0.1, -0.05) is 29.3 Å². The van der Waals surface area contributed by atoms with Crippen molar-refractivity contribution in [1.29, 1.82) is 5.26 Å². The van der Waals surface area contributed by atoms with Gasteiger partial charge in [0.1, 0.15) is 35.5 Å². The molecule has 0 radical (unpaired) electrons. The summed E-state index contributed by atoms with van der Waals surface area (Å²) in [5.41, 5.74) is 0.761. The summed E-state index contributed by atoms with van der Waals surface area (Å²) in [4.78, 5) is 30.1. The van der Waals surface area contributed by atoms with Crippen molar-refractivity contribution >= 4 is 46.1 Å². The van der Waals surface area contributed by atoms with E-state index in [9.17, 15) is 14.9 Å². The molecule has 2 heterocycles. The van der Waals surface area contributed by atoms with Crippen molar-refractivity contribution in [3.05, 3.63) is 87.3 Å². The molecule has 1 aliphatic heterocycles.